The Morgan fingerprint density at radius 1 is 0.312 bits per heavy atom. The lowest BCUT2D eigenvalue weighted by Crippen LogP contribution is -2.03. The zero-order chi connectivity index (χ0) is 43.3. The maximum Gasteiger partial charge on any atom is 0.164 e. The van der Waals surface area contributed by atoms with Gasteiger partial charge in [-0.25, -0.2) is 15.0 Å². The predicted octanol–water partition coefficient (Wildman–Crippen LogP) is 12.2. The van der Waals surface area contributed by atoms with Crippen LogP contribution >= 0.6 is 0 Å². The Labute approximate surface area is 366 Å². The Morgan fingerprint density at radius 3 is 1.08 bits per heavy atom. The number of fused-ring (bicyclic) bond motifs is 6. The minimum absolute atomic E-state index is 0.488. The Balaban J connectivity index is 1.24. The molecule has 64 heavy (non-hydrogen) atoms. The predicted molar refractivity (Wildman–Crippen MR) is 249 cm³/mol. The summed E-state index contributed by atoms with van der Waals surface area (Å²) in [7, 11) is 0. The van der Waals surface area contributed by atoms with Crippen molar-refractivity contribution in [3.63, 3.8) is 0 Å². The summed E-state index contributed by atoms with van der Waals surface area (Å²) in [5, 5.41) is 43.2. The number of benzene rings is 8. The lowest BCUT2D eigenvalue weighted by Gasteiger charge is -2.19. The molecule has 0 radical (unpaired) electrons. The van der Waals surface area contributed by atoms with Crippen LogP contribution in [0.2, 0.25) is 0 Å². The largest absolute Gasteiger partial charge is 0.309 e. The summed E-state index contributed by atoms with van der Waals surface area (Å²) in [5.41, 5.74) is 11.4. The van der Waals surface area contributed by atoms with E-state index >= 15 is 0 Å². The highest BCUT2D eigenvalue weighted by molar-refractivity contribution is 6.12. The third-order valence-electron chi connectivity index (χ3n) is 11.7. The molecule has 9 nitrogen and oxygen atoms in total. The molecule has 8 aromatic carbocycles. The monoisotopic (exact) mass is 815 g/mol. The van der Waals surface area contributed by atoms with Crippen LogP contribution in [0.3, 0.4) is 0 Å². The van der Waals surface area contributed by atoms with Crippen molar-refractivity contribution in [2.45, 2.75) is 0 Å². The van der Waals surface area contributed by atoms with Crippen LogP contribution in [-0.4, -0.2) is 24.1 Å². The van der Waals surface area contributed by atoms with Gasteiger partial charge in [-0.15, -0.1) is 0 Å². The van der Waals surface area contributed by atoms with E-state index < -0.39 is 0 Å². The Morgan fingerprint density at radius 2 is 0.672 bits per heavy atom. The summed E-state index contributed by atoms with van der Waals surface area (Å²) < 4.78 is 4.37. The van der Waals surface area contributed by atoms with Gasteiger partial charge in [0.2, 0.25) is 0 Å². The molecule has 0 aliphatic heterocycles. The van der Waals surface area contributed by atoms with Crippen molar-refractivity contribution in [1.29, 1.82) is 21.0 Å². The minimum atomic E-state index is 0.488. The first-order valence-corrected chi connectivity index (χ1v) is 20.4. The van der Waals surface area contributed by atoms with Crippen molar-refractivity contribution in [3.05, 3.63) is 198 Å². The average Bonchev–Trinajstić information content (AvgIpc) is 3.87. The smallest absolute Gasteiger partial charge is 0.164 e. The molecule has 3 heterocycles. The van der Waals surface area contributed by atoms with Gasteiger partial charge in [-0.1, -0.05) is 78.9 Å². The van der Waals surface area contributed by atoms with E-state index in [1.807, 2.05) is 152 Å². The fourth-order valence-electron chi connectivity index (χ4n) is 8.76. The van der Waals surface area contributed by atoms with Crippen LogP contribution in [0.15, 0.2) is 176 Å². The van der Waals surface area contributed by atoms with E-state index in [0.29, 0.717) is 39.7 Å². The van der Waals surface area contributed by atoms with Crippen molar-refractivity contribution in [2.75, 3.05) is 0 Å². The van der Waals surface area contributed by atoms with Crippen LogP contribution in [0.5, 0.6) is 0 Å². The molecule has 0 bridgehead atoms. The summed E-state index contributed by atoms with van der Waals surface area (Å²) in [5.74, 6) is 1.57. The fourth-order valence-corrected chi connectivity index (χ4v) is 8.76. The summed E-state index contributed by atoms with van der Waals surface area (Å²) >= 11 is 0. The Bertz CT molecular complexity index is 3690. The normalized spacial score (nSPS) is 11.1. The summed E-state index contributed by atoms with van der Waals surface area (Å²) in [4.78, 5) is 15.2. The quantitative estimate of drug-likeness (QED) is 0.162. The van der Waals surface area contributed by atoms with Crippen LogP contribution < -0.4 is 0 Å². The van der Waals surface area contributed by atoms with Gasteiger partial charge in [0, 0.05) is 49.4 Å². The average molecular weight is 816 g/mol. The molecular formula is C55H29N9. The van der Waals surface area contributed by atoms with E-state index in [2.05, 4.69) is 57.7 Å². The number of hydrogen-bond acceptors (Lipinski definition) is 7. The van der Waals surface area contributed by atoms with Gasteiger partial charge in [0.05, 0.1) is 80.0 Å². The summed E-state index contributed by atoms with van der Waals surface area (Å²) in [6, 6.07) is 65.9. The van der Waals surface area contributed by atoms with E-state index in [0.717, 1.165) is 82.8 Å². The molecule has 294 valence electrons. The zero-order valence-electron chi connectivity index (χ0n) is 33.8. The third kappa shape index (κ3) is 6.10. The summed E-state index contributed by atoms with van der Waals surface area (Å²) in [6.45, 7) is 0. The van der Waals surface area contributed by atoms with Crippen LogP contribution in [0.4, 0.5) is 0 Å². The van der Waals surface area contributed by atoms with Gasteiger partial charge in [-0.2, -0.15) is 21.0 Å². The molecule has 0 unspecified atom stereocenters. The molecule has 0 N–H and O–H groups in total. The molecule has 0 spiro atoms. The highest BCUT2D eigenvalue weighted by atomic mass is 15.0. The lowest BCUT2D eigenvalue weighted by molar-refractivity contribution is 1.07. The highest BCUT2D eigenvalue weighted by Crippen LogP contribution is 2.43. The van der Waals surface area contributed by atoms with Crippen LogP contribution in [0.1, 0.15) is 22.3 Å². The maximum absolute atomic E-state index is 9.98. The Hall–Kier alpha value is -9.67. The van der Waals surface area contributed by atoms with Gasteiger partial charge in [0.25, 0.3) is 0 Å². The molecule has 0 amide bonds. The topological polar surface area (TPSA) is 144 Å². The van der Waals surface area contributed by atoms with Gasteiger partial charge in [0.15, 0.2) is 17.5 Å². The van der Waals surface area contributed by atoms with Gasteiger partial charge < -0.3 is 9.13 Å². The fraction of sp³-hybridized carbons (Fsp3) is 0. The molecule has 0 saturated heterocycles. The molecule has 9 heteroatoms. The van der Waals surface area contributed by atoms with E-state index in [1.165, 1.54) is 0 Å². The molecule has 11 rings (SSSR count). The van der Waals surface area contributed by atoms with Gasteiger partial charge in [-0.3, -0.25) is 0 Å². The number of para-hydroxylation sites is 1. The molecule has 0 atom stereocenters. The van der Waals surface area contributed by atoms with Crippen molar-refractivity contribution in [3.8, 4) is 80.9 Å². The second-order valence-electron chi connectivity index (χ2n) is 15.3. The van der Waals surface area contributed by atoms with Crippen LogP contribution in [0.25, 0.3) is 100 Å². The molecule has 0 aliphatic carbocycles. The number of nitriles is 4. The Kier molecular flexibility index (Phi) is 8.81. The SMILES string of the molecule is N#Cc1ccc2c(c1)c1cc(C#N)ccc1n2-c1ccccc1-c1cc(-c2nc(-c3ccccc3)nc(-c3ccccc3)n2)ccc1-n1c2ccc(C#N)cc2c2cc(C#N)ccc21. The molecular weight excluding hydrogens is 787 g/mol. The van der Waals surface area contributed by atoms with Crippen molar-refractivity contribution < 1.29 is 0 Å². The number of hydrogen-bond donors (Lipinski definition) is 0. The summed E-state index contributed by atoms with van der Waals surface area (Å²) in [6.07, 6.45) is 0. The minimum Gasteiger partial charge on any atom is -0.309 e. The number of aromatic nitrogens is 5. The van der Waals surface area contributed by atoms with E-state index in [9.17, 15) is 21.0 Å². The van der Waals surface area contributed by atoms with Gasteiger partial charge >= 0.3 is 0 Å². The first kappa shape index (κ1) is 37.3. The second kappa shape index (κ2) is 15.1. The molecule has 0 saturated carbocycles. The van der Waals surface area contributed by atoms with Gasteiger partial charge in [0.1, 0.15) is 0 Å². The van der Waals surface area contributed by atoms with E-state index in [4.69, 9.17) is 15.0 Å². The first-order valence-electron chi connectivity index (χ1n) is 20.4. The zero-order valence-corrected chi connectivity index (χ0v) is 33.8. The second-order valence-corrected chi connectivity index (χ2v) is 15.3. The van der Waals surface area contributed by atoms with Crippen molar-refractivity contribution in [1.82, 2.24) is 24.1 Å². The molecule has 11 aromatic rings. The van der Waals surface area contributed by atoms with Gasteiger partial charge in [-0.05, 0) is 97.1 Å². The lowest BCUT2D eigenvalue weighted by atomic mass is 9.98. The number of nitrogens with zero attached hydrogens (tertiary/aromatic N) is 9. The standard InChI is InChI=1S/C55H29N9/c56-30-34-15-20-48-42(25-34)43-26-35(31-57)16-21-49(43)63(48)47-14-8-7-13-41(47)46-29-40(55-61-53(38-9-3-1-4-10-38)60-54(62-55)39-11-5-2-6-12-39)19-24-52(46)64-50-22-17-36(32-58)27-44(50)45-28-37(33-59)18-23-51(45)64/h1-29H. The molecule has 0 aliphatic rings. The van der Waals surface area contributed by atoms with Crippen LogP contribution in [0, 0.1) is 45.3 Å². The van der Waals surface area contributed by atoms with Crippen molar-refractivity contribution >= 4 is 43.6 Å². The first-order chi connectivity index (χ1) is 31.5. The maximum atomic E-state index is 9.98. The van der Waals surface area contributed by atoms with Crippen LogP contribution in [-0.2, 0) is 0 Å². The third-order valence-corrected chi connectivity index (χ3v) is 11.7. The highest BCUT2D eigenvalue weighted by Gasteiger charge is 2.23. The number of rotatable bonds is 6. The molecule has 3 aromatic heterocycles. The molecule has 0 fully saturated rings. The van der Waals surface area contributed by atoms with E-state index in [1.54, 1.807) is 0 Å². The van der Waals surface area contributed by atoms with Crippen molar-refractivity contribution in [2.24, 2.45) is 0 Å². The van der Waals surface area contributed by atoms with E-state index in [-0.39, 0.29) is 0 Å².